The zero-order chi connectivity index (χ0) is 13.5. The summed E-state index contributed by atoms with van der Waals surface area (Å²) in [6, 6.07) is 0. The van der Waals surface area contributed by atoms with Gasteiger partial charge in [-0.1, -0.05) is 11.8 Å². The number of hydrogen-bond acceptors (Lipinski definition) is 6. The minimum absolute atomic E-state index is 0.0782. The Morgan fingerprint density at radius 3 is 3.00 bits per heavy atom. The molecule has 0 atom stereocenters. The average molecular weight is 274 g/mol. The van der Waals surface area contributed by atoms with Crippen molar-refractivity contribution in [3.63, 3.8) is 0 Å². The number of nitro groups is 1. The smallest absolute Gasteiger partial charge is 0.323 e. The van der Waals surface area contributed by atoms with E-state index < -0.39 is 4.92 Å². The van der Waals surface area contributed by atoms with Crippen LogP contribution in [0, 0.1) is 17.0 Å². The molecule has 0 fully saturated rings. The molecule has 2 N–H and O–H groups in total. The Labute approximate surface area is 108 Å². The van der Waals surface area contributed by atoms with Crippen molar-refractivity contribution in [2.75, 3.05) is 26.0 Å². The van der Waals surface area contributed by atoms with E-state index in [4.69, 9.17) is 4.74 Å². The Bertz CT molecular complexity index is 434. The molecule has 1 rings (SSSR count). The fourth-order valence-electron chi connectivity index (χ4n) is 1.19. The molecular formula is C9H14N4O4S. The highest BCUT2D eigenvalue weighted by Crippen LogP contribution is 2.29. The second kappa shape index (κ2) is 6.97. The summed E-state index contributed by atoms with van der Waals surface area (Å²) in [6.07, 6.45) is 0. The van der Waals surface area contributed by atoms with Crippen molar-refractivity contribution in [1.82, 2.24) is 15.5 Å². The summed E-state index contributed by atoms with van der Waals surface area (Å²) in [5.74, 6) is -0.138. The number of carbonyl (C=O) groups is 1. The second-order valence-corrected chi connectivity index (χ2v) is 4.35. The molecule has 0 saturated heterocycles. The van der Waals surface area contributed by atoms with E-state index in [0.717, 1.165) is 11.8 Å². The van der Waals surface area contributed by atoms with Gasteiger partial charge in [-0.2, -0.15) is 5.10 Å². The topological polar surface area (TPSA) is 110 Å². The number of nitrogens with one attached hydrogen (secondary N) is 2. The van der Waals surface area contributed by atoms with Crippen LogP contribution in [0.15, 0.2) is 5.03 Å². The number of ether oxygens (including phenoxy) is 1. The van der Waals surface area contributed by atoms with E-state index in [2.05, 4.69) is 15.5 Å². The van der Waals surface area contributed by atoms with E-state index in [1.54, 1.807) is 6.92 Å². The molecule has 0 aliphatic rings. The van der Waals surface area contributed by atoms with Crippen molar-refractivity contribution >= 4 is 23.4 Å². The molecule has 0 radical (unpaired) electrons. The summed E-state index contributed by atoms with van der Waals surface area (Å²) in [5, 5.41) is 19.9. The third-order valence-corrected chi connectivity index (χ3v) is 3.00. The number of carbonyl (C=O) groups excluding carboxylic acids is 1. The first-order chi connectivity index (χ1) is 8.56. The SMILES string of the molecule is COCCNC(=O)CSc1n[nH]c(C)c1[N+](=O)[O-]. The molecule has 0 bridgehead atoms. The van der Waals surface area contributed by atoms with E-state index in [0.29, 0.717) is 18.8 Å². The number of aromatic amines is 1. The normalized spacial score (nSPS) is 10.3. The molecule has 8 nitrogen and oxygen atoms in total. The Hall–Kier alpha value is -1.61. The van der Waals surface area contributed by atoms with Crippen LogP contribution in [0.5, 0.6) is 0 Å². The van der Waals surface area contributed by atoms with Crippen molar-refractivity contribution in [2.45, 2.75) is 11.9 Å². The molecule has 1 heterocycles. The molecule has 1 aromatic heterocycles. The van der Waals surface area contributed by atoms with Crippen molar-refractivity contribution in [1.29, 1.82) is 0 Å². The Morgan fingerprint density at radius 2 is 2.39 bits per heavy atom. The van der Waals surface area contributed by atoms with Crippen LogP contribution in [0.3, 0.4) is 0 Å². The highest BCUT2D eigenvalue weighted by atomic mass is 32.2. The van der Waals surface area contributed by atoms with Crippen molar-refractivity contribution in [2.24, 2.45) is 0 Å². The monoisotopic (exact) mass is 274 g/mol. The predicted octanol–water partition coefficient (Wildman–Crippen LogP) is 0.481. The molecule has 1 aromatic rings. The van der Waals surface area contributed by atoms with Crippen molar-refractivity contribution in [3.8, 4) is 0 Å². The molecule has 0 aromatic carbocycles. The molecule has 0 spiro atoms. The van der Waals surface area contributed by atoms with Crippen LogP contribution in [0.1, 0.15) is 5.69 Å². The lowest BCUT2D eigenvalue weighted by Gasteiger charge is -2.02. The molecule has 0 saturated carbocycles. The summed E-state index contributed by atoms with van der Waals surface area (Å²) in [4.78, 5) is 21.6. The first-order valence-corrected chi connectivity index (χ1v) is 6.12. The molecule has 0 unspecified atom stereocenters. The van der Waals surface area contributed by atoms with E-state index in [1.165, 1.54) is 7.11 Å². The number of nitrogens with zero attached hydrogens (tertiary/aromatic N) is 2. The Balaban J connectivity index is 2.48. The van der Waals surface area contributed by atoms with E-state index in [9.17, 15) is 14.9 Å². The van der Waals surface area contributed by atoms with Crippen LogP contribution < -0.4 is 5.32 Å². The van der Waals surface area contributed by atoms with Gasteiger partial charge in [0.2, 0.25) is 5.91 Å². The van der Waals surface area contributed by atoms with Crippen LogP contribution in [0.4, 0.5) is 5.69 Å². The fraction of sp³-hybridized carbons (Fsp3) is 0.556. The third kappa shape index (κ3) is 4.00. The summed E-state index contributed by atoms with van der Waals surface area (Å²) in [5.41, 5.74) is 0.298. The maximum Gasteiger partial charge on any atom is 0.323 e. The molecular weight excluding hydrogens is 260 g/mol. The zero-order valence-corrected chi connectivity index (χ0v) is 10.9. The number of amides is 1. The van der Waals surface area contributed by atoms with Gasteiger partial charge < -0.3 is 10.1 Å². The third-order valence-electron chi connectivity index (χ3n) is 2.03. The number of aromatic nitrogens is 2. The molecule has 9 heteroatoms. The average Bonchev–Trinajstić information content (AvgIpc) is 2.68. The van der Waals surface area contributed by atoms with Gasteiger partial charge in [0.05, 0.1) is 17.3 Å². The second-order valence-electron chi connectivity index (χ2n) is 3.39. The standard InChI is InChI=1S/C9H14N4O4S/c1-6-8(13(15)16)9(12-11-6)18-5-7(14)10-3-4-17-2/h3-5H2,1-2H3,(H,10,14)(H,11,12). The Kier molecular flexibility index (Phi) is 5.59. The number of thioether (sulfide) groups is 1. The van der Waals surface area contributed by atoms with Gasteiger partial charge in [0.1, 0.15) is 5.69 Å². The minimum Gasteiger partial charge on any atom is -0.383 e. The summed E-state index contributed by atoms with van der Waals surface area (Å²) in [6.45, 7) is 2.41. The molecule has 1 amide bonds. The fourth-order valence-corrected chi connectivity index (χ4v) is 2.04. The molecule has 100 valence electrons. The minimum atomic E-state index is -0.510. The number of rotatable bonds is 7. The quantitative estimate of drug-likeness (QED) is 0.324. The van der Waals surface area contributed by atoms with Crippen molar-refractivity contribution in [3.05, 3.63) is 15.8 Å². The van der Waals surface area contributed by atoms with Crippen LogP contribution in [0.2, 0.25) is 0 Å². The predicted molar refractivity (Wildman–Crippen MR) is 65.6 cm³/mol. The highest BCUT2D eigenvalue weighted by molar-refractivity contribution is 8.00. The van der Waals surface area contributed by atoms with Crippen LogP contribution >= 0.6 is 11.8 Å². The lowest BCUT2D eigenvalue weighted by molar-refractivity contribution is -0.388. The summed E-state index contributed by atoms with van der Waals surface area (Å²) < 4.78 is 4.78. The van der Waals surface area contributed by atoms with Gasteiger partial charge in [-0.25, -0.2) is 0 Å². The first-order valence-electron chi connectivity index (χ1n) is 5.14. The van der Waals surface area contributed by atoms with Crippen molar-refractivity contribution < 1.29 is 14.5 Å². The number of hydrogen-bond donors (Lipinski definition) is 2. The van der Waals surface area contributed by atoms with Crippen LogP contribution in [-0.2, 0) is 9.53 Å². The van der Waals surface area contributed by atoms with Crippen LogP contribution in [0.25, 0.3) is 0 Å². The lowest BCUT2D eigenvalue weighted by atomic mass is 10.4. The van der Waals surface area contributed by atoms with E-state index in [-0.39, 0.29) is 22.4 Å². The maximum absolute atomic E-state index is 11.4. The van der Waals surface area contributed by atoms with Gasteiger partial charge in [0.25, 0.3) is 0 Å². The highest BCUT2D eigenvalue weighted by Gasteiger charge is 2.22. The summed E-state index contributed by atoms with van der Waals surface area (Å²) in [7, 11) is 1.54. The number of H-pyrrole nitrogens is 1. The summed E-state index contributed by atoms with van der Waals surface area (Å²) >= 11 is 1.03. The van der Waals surface area contributed by atoms with Crippen LogP contribution in [-0.4, -0.2) is 47.0 Å². The largest absolute Gasteiger partial charge is 0.383 e. The number of aryl methyl sites for hydroxylation is 1. The molecule has 0 aliphatic carbocycles. The van der Waals surface area contributed by atoms with Gasteiger partial charge >= 0.3 is 5.69 Å². The van der Waals surface area contributed by atoms with Gasteiger partial charge in [0, 0.05) is 13.7 Å². The van der Waals surface area contributed by atoms with Gasteiger partial charge in [-0.3, -0.25) is 20.0 Å². The number of methoxy groups -OCH3 is 1. The Morgan fingerprint density at radius 1 is 1.67 bits per heavy atom. The lowest BCUT2D eigenvalue weighted by Crippen LogP contribution is -2.28. The van der Waals surface area contributed by atoms with Gasteiger partial charge in [-0.05, 0) is 6.92 Å². The molecule has 0 aliphatic heterocycles. The first kappa shape index (κ1) is 14.5. The van der Waals surface area contributed by atoms with E-state index in [1.807, 2.05) is 0 Å². The maximum atomic E-state index is 11.4. The van der Waals surface area contributed by atoms with Gasteiger partial charge in [-0.15, -0.1) is 0 Å². The van der Waals surface area contributed by atoms with Gasteiger partial charge in [0.15, 0.2) is 5.03 Å². The van der Waals surface area contributed by atoms with E-state index >= 15 is 0 Å². The zero-order valence-electron chi connectivity index (χ0n) is 10.1. The molecule has 18 heavy (non-hydrogen) atoms.